The highest BCUT2D eigenvalue weighted by atomic mass is 19.1. The van der Waals surface area contributed by atoms with Crippen LogP contribution in [0.4, 0.5) is 4.39 Å². The van der Waals surface area contributed by atoms with Crippen LogP contribution in [0.5, 0.6) is 11.5 Å². The van der Waals surface area contributed by atoms with Gasteiger partial charge in [-0.3, -0.25) is 4.79 Å². The maximum atomic E-state index is 13.0. The van der Waals surface area contributed by atoms with Gasteiger partial charge < -0.3 is 14.8 Å². The first-order valence-corrected chi connectivity index (χ1v) is 8.16. The quantitative estimate of drug-likeness (QED) is 0.826. The molecule has 0 unspecified atom stereocenters. The van der Waals surface area contributed by atoms with Crippen LogP contribution >= 0.6 is 0 Å². The zero-order chi connectivity index (χ0) is 18.4. The minimum atomic E-state index is -0.591. The minimum Gasteiger partial charge on any atom is -0.493 e. The Labute approximate surface area is 148 Å². The lowest BCUT2D eigenvalue weighted by Gasteiger charge is -2.27. The van der Waals surface area contributed by atoms with Gasteiger partial charge in [0.25, 0.3) is 0 Å². The zero-order valence-corrected chi connectivity index (χ0v) is 15.1. The number of aryl methyl sites for hydroxylation is 1. The van der Waals surface area contributed by atoms with Crippen molar-refractivity contribution in [2.75, 3.05) is 13.7 Å². The Morgan fingerprint density at radius 1 is 1.12 bits per heavy atom. The second kappa shape index (κ2) is 8.01. The molecule has 0 aromatic heterocycles. The van der Waals surface area contributed by atoms with E-state index in [0.29, 0.717) is 11.5 Å². The minimum absolute atomic E-state index is 0.139. The van der Waals surface area contributed by atoms with Gasteiger partial charge in [-0.2, -0.15) is 0 Å². The van der Waals surface area contributed by atoms with Gasteiger partial charge in [-0.15, -0.1) is 0 Å². The first-order chi connectivity index (χ1) is 11.8. The van der Waals surface area contributed by atoms with Crippen LogP contribution in [0.3, 0.4) is 0 Å². The van der Waals surface area contributed by atoms with Crippen LogP contribution < -0.4 is 14.8 Å². The molecule has 0 spiro atoms. The van der Waals surface area contributed by atoms with Crippen LogP contribution in [0, 0.1) is 12.7 Å². The standard InChI is InChI=1S/C20H24FNO3/c1-14-5-10-17(18(13-14)24-4)25-12-11-19(23)22-20(2,3)15-6-8-16(21)9-7-15/h5-10,13H,11-12H2,1-4H3,(H,22,23). The van der Waals surface area contributed by atoms with E-state index in [0.717, 1.165) is 11.1 Å². The highest BCUT2D eigenvalue weighted by Crippen LogP contribution is 2.28. The van der Waals surface area contributed by atoms with Gasteiger partial charge in [0.15, 0.2) is 11.5 Å². The first kappa shape index (κ1) is 18.8. The Bertz CT molecular complexity index is 726. The SMILES string of the molecule is COc1cc(C)ccc1OCCC(=O)NC(C)(C)c1ccc(F)cc1. The molecule has 0 heterocycles. The predicted molar refractivity (Wildman–Crippen MR) is 95.4 cm³/mol. The number of halogens is 1. The van der Waals surface area contributed by atoms with Crippen molar-refractivity contribution in [3.63, 3.8) is 0 Å². The van der Waals surface area contributed by atoms with Crippen molar-refractivity contribution in [1.29, 1.82) is 0 Å². The van der Waals surface area contributed by atoms with Crippen molar-refractivity contribution in [2.24, 2.45) is 0 Å². The summed E-state index contributed by atoms with van der Waals surface area (Å²) in [5.74, 6) is 0.817. The van der Waals surface area contributed by atoms with Crippen LogP contribution in [-0.4, -0.2) is 19.6 Å². The van der Waals surface area contributed by atoms with E-state index in [2.05, 4.69) is 5.32 Å². The topological polar surface area (TPSA) is 47.6 Å². The predicted octanol–water partition coefficient (Wildman–Crippen LogP) is 3.96. The molecule has 0 aliphatic rings. The van der Waals surface area contributed by atoms with E-state index in [1.165, 1.54) is 12.1 Å². The maximum Gasteiger partial charge on any atom is 0.224 e. The van der Waals surface area contributed by atoms with E-state index in [1.54, 1.807) is 19.2 Å². The fraction of sp³-hybridized carbons (Fsp3) is 0.350. The molecule has 0 atom stereocenters. The number of nitrogens with one attached hydrogen (secondary N) is 1. The third kappa shape index (κ3) is 5.21. The highest BCUT2D eigenvalue weighted by molar-refractivity contribution is 5.77. The summed E-state index contributed by atoms with van der Waals surface area (Å²) in [6.45, 7) is 5.96. The van der Waals surface area contributed by atoms with Gasteiger partial charge >= 0.3 is 0 Å². The summed E-state index contributed by atoms with van der Waals surface area (Å²) in [6, 6.07) is 11.7. The lowest BCUT2D eigenvalue weighted by molar-refractivity contribution is -0.123. The Kier molecular flexibility index (Phi) is 6.02. The number of benzene rings is 2. The van der Waals surface area contributed by atoms with Gasteiger partial charge in [-0.25, -0.2) is 4.39 Å². The van der Waals surface area contributed by atoms with Crippen molar-refractivity contribution in [3.05, 3.63) is 59.4 Å². The van der Waals surface area contributed by atoms with Crippen LogP contribution in [-0.2, 0) is 10.3 Å². The smallest absolute Gasteiger partial charge is 0.224 e. The number of hydrogen-bond acceptors (Lipinski definition) is 3. The first-order valence-electron chi connectivity index (χ1n) is 8.16. The molecule has 0 saturated carbocycles. The molecule has 0 aliphatic carbocycles. The normalized spacial score (nSPS) is 11.1. The van der Waals surface area contributed by atoms with E-state index in [4.69, 9.17) is 9.47 Å². The molecule has 25 heavy (non-hydrogen) atoms. The third-order valence-corrected chi connectivity index (χ3v) is 3.92. The van der Waals surface area contributed by atoms with E-state index < -0.39 is 5.54 Å². The zero-order valence-electron chi connectivity index (χ0n) is 15.1. The molecule has 1 amide bonds. The average molecular weight is 345 g/mol. The Morgan fingerprint density at radius 3 is 2.44 bits per heavy atom. The molecule has 2 rings (SSSR count). The molecule has 1 N–H and O–H groups in total. The molecule has 0 radical (unpaired) electrons. The Morgan fingerprint density at radius 2 is 1.80 bits per heavy atom. The van der Waals surface area contributed by atoms with E-state index in [-0.39, 0.29) is 24.8 Å². The number of carbonyl (C=O) groups is 1. The van der Waals surface area contributed by atoms with Crippen LogP contribution in [0.25, 0.3) is 0 Å². The van der Waals surface area contributed by atoms with Gasteiger partial charge in [0, 0.05) is 0 Å². The number of methoxy groups -OCH3 is 1. The van der Waals surface area contributed by atoms with Crippen molar-refractivity contribution < 1.29 is 18.7 Å². The summed E-state index contributed by atoms with van der Waals surface area (Å²) in [5.41, 5.74) is 1.32. The number of rotatable bonds is 7. The summed E-state index contributed by atoms with van der Waals surface area (Å²) in [6.07, 6.45) is 0.210. The van der Waals surface area contributed by atoms with E-state index in [1.807, 2.05) is 39.0 Å². The van der Waals surface area contributed by atoms with Crippen LogP contribution in [0.2, 0.25) is 0 Å². The molecule has 0 aliphatic heterocycles. The maximum absolute atomic E-state index is 13.0. The molecular weight excluding hydrogens is 321 g/mol. The van der Waals surface area contributed by atoms with E-state index in [9.17, 15) is 9.18 Å². The Balaban J connectivity index is 1.89. The van der Waals surface area contributed by atoms with Gasteiger partial charge in [0.05, 0.1) is 25.7 Å². The summed E-state index contributed by atoms with van der Waals surface area (Å²) >= 11 is 0. The molecule has 5 heteroatoms. The number of carbonyl (C=O) groups excluding carboxylic acids is 1. The largest absolute Gasteiger partial charge is 0.493 e. The third-order valence-electron chi connectivity index (χ3n) is 3.92. The van der Waals surface area contributed by atoms with Gasteiger partial charge in [0.2, 0.25) is 5.91 Å². The summed E-state index contributed by atoms with van der Waals surface area (Å²) in [5, 5.41) is 2.94. The second-order valence-electron chi connectivity index (χ2n) is 6.43. The summed E-state index contributed by atoms with van der Waals surface area (Å²) in [7, 11) is 1.58. The number of ether oxygens (including phenoxy) is 2. The van der Waals surface area contributed by atoms with Crippen LogP contribution in [0.1, 0.15) is 31.4 Å². The second-order valence-corrected chi connectivity index (χ2v) is 6.43. The van der Waals surface area contributed by atoms with Gasteiger partial charge in [-0.1, -0.05) is 18.2 Å². The lowest BCUT2D eigenvalue weighted by atomic mass is 9.94. The van der Waals surface area contributed by atoms with Gasteiger partial charge in [0.1, 0.15) is 5.82 Å². The molecule has 0 bridgehead atoms. The molecular formula is C20H24FNO3. The van der Waals surface area contributed by atoms with Crippen LogP contribution in [0.15, 0.2) is 42.5 Å². The van der Waals surface area contributed by atoms with Gasteiger partial charge in [-0.05, 0) is 56.2 Å². The fourth-order valence-electron chi connectivity index (χ4n) is 2.50. The van der Waals surface area contributed by atoms with Crippen molar-refractivity contribution in [3.8, 4) is 11.5 Å². The monoisotopic (exact) mass is 345 g/mol. The highest BCUT2D eigenvalue weighted by Gasteiger charge is 2.22. The molecule has 134 valence electrons. The number of amides is 1. The lowest BCUT2D eigenvalue weighted by Crippen LogP contribution is -2.41. The van der Waals surface area contributed by atoms with Crippen molar-refractivity contribution in [2.45, 2.75) is 32.7 Å². The molecule has 2 aromatic rings. The molecule has 2 aromatic carbocycles. The fourth-order valence-corrected chi connectivity index (χ4v) is 2.50. The molecule has 4 nitrogen and oxygen atoms in total. The summed E-state index contributed by atoms with van der Waals surface area (Å²) < 4.78 is 24.0. The van der Waals surface area contributed by atoms with E-state index >= 15 is 0 Å². The van der Waals surface area contributed by atoms with Crippen molar-refractivity contribution >= 4 is 5.91 Å². The molecule has 0 fully saturated rings. The summed E-state index contributed by atoms with van der Waals surface area (Å²) in [4.78, 5) is 12.2. The average Bonchev–Trinajstić information content (AvgIpc) is 2.56. The molecule has 0 saturated heterocycles. The number of hydrogen-bond donors (Lipinski definition) is 1. The van der Waals surface area contributed by atoms with Crippen molar-refractivity contribution in [1.82, 2.24) is 5.32 Å². The Hall–Kier alpha value is -2.56.